The van der Waals surface area contributed by atoms with Gasteiger partial charge in [-0.3, -0.25) is 9.78 Å². The Morgan fingerprint density at radius 2 is 2.10 bits per heavy atom. The Bertz CT molecular complexity index is 537. The van der Waals surface area contributed by atoms with E-state index in [0.717, 1.165) is 18.7 Å². The quantitative estimate of drug-likeness (QED) is 0.782. The van der Waals surface area contributed by atoms with Gasteiger partial charge in [-0.1, -0.05) is 17.4 Å². The highest BCUT2D eigenvalue weighted by atomic mass is 35.5. The third kappa shape index (κ3) is 6.34. The van der Waals surface area contributed by atoms with Crippen LogP contribution in [-0.4, -0.2) is 34.7 Å². The number of hydrogen-bond acceptors (Lipinski definition) is 6. The summed E-state index contributed by atoms with van der Waals surface area (Å²) in [6, 6.07) is 5.59. The van der Waals surface area contributed by atoms with Crippen molar-refractivity contribution < 1.29 is 4.79 Å². The molecule has 2 aromatic heterocycles. The topological polar surface area (TPSA) is 79.8 Å². The number of amides is 1. The minimum absolute atomic E-state index is 0. The number of aromatic nitrogens is 3. The molecule has 9 heteroatoms. The highest BCUT2D eigenvalue weighted by Crippen LogP contribution is 2.24. The Morgan fingerprint density at radius 3 is 2.76 bits per heavy atom. The summed E-state index contributed by atoms with van der Waals surface area (Å²) in [5, 5.41) is 14.9. The predicted molar refractivity (Wildman–Crippen MR) is 89.4 cm³/mol. The van der Waals surface area contributed by atoms with Crippen LogP contribution in [0.2, 0.25) is 0 Å². The number of nitrogens with one attached hydrogen (secondary N) is 2. The largest absolute Gasteiger partial charge is 0.320 e. The maximum absolute atomic E-state index is 11.6. The zero-order chi connectivity index (χ0) is 13.5. The number of pyridine rings is 1. The summed E-state index contributed by atoms with van der Waals surface area (Å²) < 4.78 is 0. The Labute approximate surface area is 139 Å². The summed E-state index contributed by atoms with van der Waals surface area (Å²) >= 11 is 1.32. The predicted octanol–water partition coefficient (Wildman–Crippen LogP) is 2.38. The van der Waals surface area contributed by atoms with E-state index in [-0.39, 0.29) is 30.7 Å². The normalized spacial score (nSPS) is 9.38. The van der Waals surface area contributed by atoms with Gasteiger partial charge in [0, 0.05) is 12.6 Å². The van der Waals surface area contributed by atoms with Crippen LogP contribution in [0.15, 0.2) is 24.4 Å². The van der Waals surface area contributed by atoms with Crippen molar-refractivity contribution in [3.05, 3.63) is 24.4 Å². The molecule has 0 fully saturated rings. The second-order valence-corrected chi connectivity index (χ2v) is 4.86. The van der Waals surface area contributed by atoms with Gasteiger partial charge in [-0.05, 0) is 32.1 Å². The van der Waals surface area contributed by atoms with Crippen LogP contribution in [0, 0.1) is 0 Å². The second-order valence-electron chi connectivity index (χ2n) is 3.88. The van der Waals surface area contributed by atoms with Crippen molar-refractivity contribution in [1.82, 2.24) is 20.5 Å². The van der Waals surface area contributed by atoms with Gasteiger partial charge < -0.3 is 10.6 Å². The van der Waals surface area contributed by atoms with Crippen LogP contribution >= 0.6 is 36.2 Å². The Kier molecular flexibility index (Phi) is 9.81. The van der Waals surface area contributed by atoms with E-state index in [1.165, 1.54) is 11.3 Å². The molecule has 0 radical (unpaired) electrons. The average molecular weight is 350 g/mol. The molecule has 0 atom stereocenters. The maximum Gasteiger partial charge on any atom is 0.226 e. The van der Waals surface area contributed by atoms with E-state index < -0.39 is 0 Å². The van der Waals surface area contributed by atoms with Crippen LogP contribution < -0.4 is 10.6 Å². The fourth-order valence-corrected chi connectivity index (χ4v) is 2.21. The number of hydrogen-bond donors (Lipinski definition) is 2. The van der Waals surface area contributed by atoms with E-state index in [1.807, 2.05) is 25.2 Å². The number of carbonyl (C=O) groups is 1. The molecule has 2 rings (SSSR count). The summed E-state index contributed by atoms with van der Waals surface area (Å²) in [5.74, 6) is -0.0426. The molecule has 0 aromatic carbocycles. The van der Waals surface area contributed by atoms with Crippen LogP contribution in [0.4, 0.5) is 5.13 Å². The first kappa shape index (κ1) is 19.7. The Morgan fingerprint density at radius 1 is 1.29 bits per heavy atom. The number of carbonyl (C=O) groups excluding carboxylic acids is 1. The van der Waals surface area contributed by atoms with Crippen LogP contribution in [0.1, 0.15) is 12.8 Å². The first-order chi connectivity index (χ1) is 9.29. The smallest absolute Gasteiger partial charge is 0.226 e. The molecule has 2 aromatic rings. The molecule has 6 nitrogen and oxygen atoms in total. The average Bonchev–Trinajstić information content (AvgIpc) is 2.88. The van der Waals surface area contributed by atoms with Gasteiger partial charge >= 0.3 is 0 Å². The van der Waals surface area contributed by atoms with Crippen molar-refractivity contribution in [2.45, 2.75) is 12.8 Å². The number of rotatable bonds is 6. The summed E-state index contributed by atoms with van der Waals surface area (Å²) in [5.41, 5.74) is 0.760. The molecule has 0 saturated carbocycles. The minimum atomic E-state index is -0.0426. The third-order valence-corrected chi connectivity index (χ3v) is 3.25. The lowest BCUT2D eigenvalue weighted by Gasteiger charge is -2.00. The summed E-state index contributed by atoms with van der Waals surface area (Å²) in [4.78, 5) is 15.8. The Hall–Kier alpha value is -1.28. The van der Waals surface area contributed by atoms with Gasteiger partial charge in [0.15, 0.2) is 5.01 Å². The second kappa shape index (κ2) is 10.4. The van der Waals surface area contributed by atoms with Crippen LogP contribution in [0.3, 0.4) is 0 Å². The lowest BCUT2D eigenvalue weighted by Crippen LogP contribution is -2.15. The molecule has 2 N–H and O–H groups in total. The van der Waals surface area contributed by atoms with E-state index in [4.69, 9.17) is 0 Å². The molecule has 0 spiro atoms. The lowest BCUT2D eigenvalue weighted by atomic mass is 10.3. The van der Waals surface area contributed by atoms with Gasteiger partial charge in [-0.15, -0.1) is 35.0 Å². The monoisotopic (exact) mass is 349 g/mol. The molecule has 21 heavy (non-hydrogen) atoms. The molecule has 0 aliphatic carbocycles. The molecule has 0 aliphatic heterocycles. The highest BCUT2D eigenvalue weighted by Gasteiger charge is 2.09. The van der Waals surface area contributed by atoms with E-state index in [9.17, 15) is 4.79 Å². The zero-order valence-electron chi connectivity index (χ0n) is 11.4. The molecule has 0 unspecified atom stereocenters. The Balaban J connectivity index is 0.00000200. The fraction of sp³-hybridized carbons (Fsp3) is 0.333. The zero-order valence-corrected chi connectivity index (χ0v) is 13.9. The molecule has 2 heterocycles. The first-order valence-corrected chi connectivity index (χ1v) is 6.80. The van der Waals surface area contributed by atoms with Crippen molar-refractivity contribution in [3.63, 3.8) is 0 Å². The number of halogens is 2. The van der Waals surface area contributed by atoms with Gasteiger partial charge in [0.2, 0.25) is 11.0 Å². The van der Waals surface area contributed by atoms with Crippen LogP contribution in [-0.2, 0) is 4.79 Å². The molecule has 0 bridgehead atoms. The SMILES string of the molecule is CNCCCC(=O)Nc1nnc(-c2ccccn2)s1.Cl.Cl. The van der Waals surface area contributed by atoms with Crippen molar-refractivity contribution in [3.8, 4) is 10.7 Å². The van der Waals surface area contributed by atoms with E-state index in [1.54, 1.807) is 6.20 Å². The van der Waals surface area contributed by atoms with Gasteiger partial charge in [0.25, 0.3) is 0 Å². The molecular weight excluding hydrogens is 333 g/mol. The molecule has 116 valence electrons. The summed E-state index contributed by atoms with van der Waals surface area (Å²) in [6.07, 6.45) is 2.97. The van der Waals surface area contributed by atoms with Gasteiger partial charge in [-0.25, -0.2) is 0 Å². The van der Waals surface area contributed by atoms with E-state index >= 15 is 0 Å². The summed E-state index contributed by atoms with van der Waals surface area (Å²) in [7, 11) is 1.86. The maximum atomic E-state index is 11.6. The van der Waals surface area contributed by atoms with Crippen LogP contribution in [0.5, 0.6) is 0 Å². The van der Waals surface area contributed by atoms with Crippen molar-refractivity contribution in [1.29, 1.82) is 0 Å². The standard InChI is InChI=1S/C12H15N5OS.2ClH/c1-13-7-4-6-10(18)15-12-17-16-11(19-12)9-5-2-3-8-14-9;;/h2-3,5,8,13H,4,6-7H2,1H3,(H,15,17,18);2*1H. The minimum Gasteiger partial charge on any atom is -0.320 e. The third-order valence-electron chi connectivity index (χ3n) is 2.39. The van der Waals surface area contributed by atoms with Crippen molar-refractivity contribution in [2.24, 2.45) is 0 Å². The molecular formula is C12H17Cl2N5OS. The number of anilines is 1. The van der Waals surface area contributed by atoms with Crippen molar-refractivity contribution in [2.75, 3.05) is 18.9 Å². The van der Waals surface area contributed by atoms with Gasteiger partial charge in [0.05, 0.1) is 0 Å². The molecule has 0 aliphatic rings. The highest BCUT2D eigenvalue weighted by molar-refractivity contribution is 7.18. The number of nitrogens with zero attached hydrogens (tertiary/aromatic N) is 3. The van der Waals surface area contributed by atoms with Crippen LogP contribution in [0.25, 0.3) is 10.7 Å². The van der Waals surface area contributed by atoms with E-state index in [2.05, 4.69) is 25.8 Å². The van der Waals surface area contributed by atoms with Crippen molar-refractivity contribution >= 4 is 47.2 Å². The molecule has 1 amide bonds. The fourth-order valence-electron chi connectivity index (χ4n) is 1.47. The summed E-state index contributed by atoms with van der Waals surface area (Å²) in [6.45, 7) is 0.822. The van der Waals surface area contributed by atoms with Gasteiger partial charge in [-0.2, -0.15) is 0 Å². The lowest BCUT2D eigenvalue weighted by molar-refractivity contribution is -0.116. The molecule has 0 saturated heterocycles. The van der Waals surface area contributed by atoms with E-state index in [0.29, 0.717) is 16.6 Å². The first-order valence-electron chi connectivity index (χ1n) is 5.99. The van der Waals surface area contributed by atoms with Gasteiger partial charge in [0.1, 0.15) is 5.69 Å².